The van der Waals surface area contributed by atoms with E-state index < -0.39 is 0 Å². The van der Waals surface area contributed by atoms with E-state index in [4.69, 9.17) is 0 Å². The molecule has 2 unspecified atom stereocenters. The summed E-state index contributed by atoms with van der Waals surface area (Å²) >= 11 is 0. The van der Waals surface area contributed by atoms with E-state index in [1.807, 2.05) is 7.05 Å². The van der Waals surface area contributed by atoms with E-state index in [0.717, 1.165) is 6.42 Å². The fraction of sp³-hybridized carbons (Fsp3) is 0.600. The van der Waals surface area contributed by atoms with Gasteiger partial charge in [-0.05, 0) is 26.3 Å². The van der Waals surface area contributed by atoms with Gasteiger partial charge in [-0.1, -0.05) is 30.7 Å². The maximum Gasteiger partial charge on any atom is 0.0490 e. The van der Waals surface area contributed by atoms with Crippen molar-refractivity contribution >= 4 is 0 Å². The smallest absolute Gasteiger partial charge is 0.0490 e. The highest BCUT2D eigenvalue weighted by atomic mass is 14.9. The average molecular weight is 151 g/mol. The van der Waals surface area contributed by atoms with Crippen LogP contribution in [-0.4, -0.2) is 13.1 Å². The number of hydrogen-bond acceptors (Lipinski definition) is 1. The van der Waals surface area contributed by atoms with E-state index in [1.165, 1.54) is 11.1 Å². The summed E-state index contributed by atoms with van der Waals surface area (Å²) < 4.78 is 0. The van der Waals surface area contributed by atoms with Gasteiger partial charge < -0.3 is 5.32 Å². The normalized spacial score (nSPS) is 31.9. The summed E-state index contributed by atoms with van der Waals surface area (Å²) in [6, 6.07) is 0.416. The zero-order valence-electron chi connectivity index (χ0n) is 7.65. The summed E-state index contributed by atoms with van der Waals surface area (Å²) in [6.07, 6.45) is 3.46. The van der Waals surface area contributed by atoms with Crippen LogP contribution < -0.4 is 5.32 Å². The molecule has 0 saturated carbocycles. The molecular formula is C10H17N. The third-order valence-corrected chi connectivity index (χ3v) is 2.54. The maximum atomic E-state index is 4.09. The first-order valence-corrected chi connectivity index (χ1v) is 4.19. The fourth-order valence-electron chi connectivity index (χ4n) is 1.62. The first kappa shape index (κ1) is 8.54. The Kier molecular flexibility index (Phi) is 2.50. The Morgan fingerprint density at radius 1 is 1.64 bits per heavy atom. The van der Waals surface area contributed by atoms with Crippen LogP contribution in [0.3, 0.4) is 0 Å². The standard InChI is InChI=1S/C10H17N/c1-7-5-6-8(2)10(11-4)9(7)3/h6-7,10-11H,3,5H2,1-2,4H3. The van der Waals surface area contributed by atoms with E-state index in [0.29, 0.717) is 12.0 Å². The lowest BCUT2D eigenvalue weighted by Gasteiger charge is -2.28. The number of hydrogen-bond donors (Lipinski definition) is 1. The highest BCUT2D eigenvalue weighted by Crippen LogP contribution is 2.26. The Hall–Kier alpha value is -0.560. The third kappa shape index (κ3) is 1.54. The summed E-state index contributed by atoms with van der Waals surface area (Å²) in [6.45, 7) is 8.49. The van der Waals surface area contributed by atoms with Crippen LogP contribution in [-0.2, 0) is 0 Å². The average Bonchev–Trinajstić information content (AvgIpc) is 1.99. The fourth-order valence-corrected chi connectivity index (χ4v) is 1.62. The summed E-state index contributed by atoms with van der Waals surface area (Å²) in [5.74, 6) is 0.635. The van der Waals surface area contributed by atoms with Crippen molar-refractivity contribution in [3.8, 4) is 0 Å². The molecule has 1 heteroatoms. The van der Waals surface area contributed by atoms with Crippen molar-refractivity contribution in [3.05, 3.63) is 23.8 Å². The Bertz CT molecular complexity index is 191. The van der Waals surface area contributed by atoms with Gasteiger partial charge in [0.25, 0.3) is 0 Å². The summed E-state index contributed by atoms with van der Waals surface area (Å²) in [7, 11) is 1.99. The lowest BCUT2D eigenvalue weighted by atomic mass is 9.83. The lowest BCUT2D eigenvalue weighted by molar-refractivity contribution is 0.562. The van der Waals surface area contributed by atoms with E-state index in [1.54, 1.807) is 0 Å². The van der Waals surface area contributed by atoms with E-state index >= 15 is 0 Å². The van der Waals surface area contributed by atoms with Gasteiger partial charge in [0.15, 0.2) is 0 Å². The van der Waals surface area contributed by atoms with E-state index in [-0.39, 0.29) is 0 Å². The molecule has 0 amide bonds. The van der Waals surface area contributed by atoms with Crippen molar-refractivity contribution in [1.82, 2.24) is 5.32 Å². The lowest BCUT2D eigenvalue weighted by Crippen LogP contribution is -2.33. The molecule has 0 saturated heterocycles. The van der Waals surface area contributed by atoms with E-state index in [9.17, 15) is 0 Å². The van der Waals surface area contributed by atoms with Crippen molar-refractivity contribution in [2.45, 2.75) is 26.3 Å². The van der Waals surface area contributed by atoms with Crippen LogP contribution in [0.15, 0.2) is 23.8 Å². The second-order valence-electron chi connectivity index (χ2n) is 3.38. The van der Waals surface area contributed by atoms with Gasteiger partial charge in [0.2, 0.25) is 0 Å². The van der Waals surface area contributed by atoms with Gasteiger partial charge in [-0.15, -0.1) is 0 Å². The molecule has 0 heterocycles. The van der Waals surface area contributed by atoms with Crippen molar-refractivity contribution in [3.63, 3.8) is 0 Å². The van der Waals surface area contributed by atoms with Crippen molar-refractivity contribution in [1.29, 1.82) is 0 Å². The number of nitrogens with one attached hydrogen (secondary N) is 1. The Morgan fingerprint density at radius 3 is 2.73 bits per heavy atom. The topological polar surface area (TPSA) is 12.0 Å². The zero-order chi connectivity index (χ0) is 8.43. The van der Waals surface area contributed by atoms with Gasteiger partial charge in [-0.25, -0.2) is 0 Å². The quantitative estimate of drug-likeness (QED) is 0.566. The molecular weight excluding hydrogens is 134 g/mol. The molecule has 0 bridgehead atoms. The van der Waals surface area contributed by atoms with Gasteiger partial charge in [0, 0.05) is 6.04 Å². The Labute approximate surface area is 69.2 Å². The molecule has 0 aliphatic heterocycles. The first-order chi connectivity index (χ1) is 5.16. The molecule has 62 valence electrons. The monoisotopic (exact) mass is 151 g/mol. The SMILES string of the molecule is C=C1C(C)CC=C(C)C1NC. The van der Waals surface area contributed by atoms with Gasteiger partial charge in [0.1, 0.15) is 0 Å². The van der Waals surface area contributed by atoms with Crippen LogP contribution in [0.2, 0.25) is 0 Å². The number of allylic oxidation sites excluding steroid dienone is 1. The zero-order valence-corrected chi connectivity index (χ0v) is 7.65. The first-order valence-electron chi connectivity index (χ1n) is 4.19. The molecule has 0 aromatic rings. The van der Waals surface area contributed by atoms with Crippen LogP contribution >= 0.6 is 0 Å². The minimum Gasteiger partial charge on any atom is -0.310 e. The van der Waals surface area contributed by atoms with Crippen LogP contribution in [0.1, 0.15) is 20.3 Å². The van der Waals surface area contributed by atoms with Crippen molar-refractivity contribution in [2.75, 3.05) is 7.05 Å². The largest absolute Gasteiger partial charge is 0.310 e. The molecule has 0 spiro atoms. The molecule has 1 aliphatic carbocycles. The highest BCUT2D eigenvalue weighted by molar-refractivity contribution is 5.28. The third-order valence-electron chi connectivity index (χ3n) is 2.54. The maximum absolute atomic E-state index is 4.09. The van der Waals surface area contributed by atoms with Crippen LogP contribution in [0.25, 0.3) is 0 Å². The van der Waals surface area contributed by atoms with Crippen LogP contribution in [0.5, 0.6) is 0 Å². The van der Waals surface area contributed by atoms with Crippen LogP contribution in [0.4, 0.5) is 0 Å². The summed E-state index contributed by atoms with van der Waals surface area (Å²) in [5, 5.41) is 3.27. The second-order valence-corrected chi connectivity index (χ2v) is 3.38. The number of rotatable bonds is 1. The molecule has 0 fully saturated rings. The molecule has 11 heavy (non-hydrogen) atoms. The number of likely N-dealkylation sites (N-methyl/N-ethyl adjacent to an activating group) is 1. The van der Waals surface area contributed by atoms with Gasteiger partial charge in [-0.2, -0.15) is 0 Å². The van der Waals surface area contributed by atoms with Gasteiger partial charge >= 0.3 is 0 Å². The predicted molar refractivity (Wildman–Crippen MR) is 49.5 cm³/mol. The van der Waals surface area contributed by atoms with Crippen molar-refractivity contribution < 1.29 is 0 Å². The molecule has 0 radical (unpaired) electrons. The Morgan fingerprint density at radius 2 is 2.27 bits per heavy atom. The van der Waals surface area contributed by atoms with Gasteiger partial charge in [-0.3, -0.25) is 0 Å². The van der Waals surface area contributed by atoms with E-state index in [2.05, 4.69) is 31.8 Å². The molecule has 1 nitrogen and oxygen atoms in total. The molecule has 1 N–H and O–H groups in total. The molecule has 0 aromatic heterocycles. The second kappa shape index (κ2) is 3.22. The minimum atomic E-state index is 0.416. The molecule has 0 aromatic carbocycles. The van der Waals surface area contributed by atoms with Crippen LogP contribution in [0, 0.1) is 5.92 Å². The Balaban J connectivity index is 2.81. The minimum absolute atomic E-state index is 0.416. The molecule has 1 aliphatic rings. The predicted octanol–water partition coefficient (Wildman–Crippen LogP) is 2.12. The summed E-state index contributed by atoms with van der Waals surface area (Å²) in [4.78, 5) is 0. The highest BCUT2D eigenvalue weighted by Gasteiger charge is 2.20. The van der Waals surface area contributed by atoms with Crippen molar-refractivity contribution in [2.24, 2.45) is 5.92 Å². The molecule has 2 atom stereocenters. The van der Waals surface area contributed by atoms with Gasteiger partial charge in [0.05, 0.1) is 0 Å². The summed E-state index contributed by atoms with van der Waals surface area (Å²) in [5.41, 5.74) is 2.74. The molecule has 1 rings (SSSR count).